The lowest BCUT2D eigenvalue weighted by molar-refractivity contribution is -0.137. The van der Waals surface area contributed by atoms with Gasteiger partial charge in [0.15, 0.2) is 11.8 Å². The molecule has 35 heavy (non-hydrogen) atoms. The van der Waals surface area contributed by atoms with Gasteiger partial charge in [-0.3, -0.25) is 0 Å². The molecule has 1 aliphatic heterocycles. The Hall–Kier alpha value is -3.88. The van der Waals surface area contributed by atoms with Gasteiger partial charge in [0.05, 0.1) is 23.3 Å². The van der Waals surface area contributed by atoms with Crippen molar-refractivity contribution >= 4 is 11.8 Å². The maximum absolute atomic E-state index is 13.4. The van der Waals surface area contributed by atoms with Crippen LogP contribution in [-0.4, -0.2) is 42.2 Å². The van der Waals surface area contributed by atoms with Crippen molar-refractivity contribution in [2.45, 2.75) is 25.2 Å². The van der Waals surface area contributed by atoms with Crippen LogP contribution in [0.15, 0.2) is 77.9 Å². The Morgan fingerprint density at radius 1 is 1.03 bits per heavy atom. The highest BCUT2D eigenvalue weighted by molar-refractivity contribution is 5.83. The lowest BCUT2D eigenvalue weighted by Crippen LogP contribution is -2.42. The fraction of sp³-hybridized carbons (Fsp3) is 0.269. The summed E-state index contributed by atoms with van der Waals surface area (Å²) in [7, 11) is 5.58. The van der Waals surface area contributed by atoms with E-state index in [1.165, 1.54) is 6.07 Å². The number of benzene rings is 2. The van der Waals surface area contributed by atoms with Gasteiger partial charge < -0.3 is 15.1 Å². The van der Waals surface area contributed by atoms with E-state index < -0.39 is 11.7 Å². The average Bonchev–Trinajstić information content (AvgIpc) is 2.85. The summed E-state index contributed by atoms with van der Waals surface area (Å²) in [6, 6.07) is 16.6. The first-order chi connectivity index (χ1) is 16.6. The molecule has 2 atom stereocenters. The zero-order chi connectivity index (χ0) is 25.2. The molecule has 1 N–H and O–H groups in total. The summed E-state index contributed by atoms with van der Waals surface area (Å²) in [5.74, 6) is 1.25. The minimum atomic E-state index is -4.45. The second kappa shape index (κ2) is 9.77. The standard InChI is InChI=1S/C26H27F3N6/c1-17(18-9-6-5-7-10-18)31-25-30-14-13-22(35(25)4)21-16-23(34(2)3)32-33-24(21)19-11-8-12-20(15-19)26(27,28)29/h5-17,22H,1-4H3,(H,30,31)/t17-,22?/m0/s1. The summed E-state index contributed by atoms with van der Waals surface area (Å²) in [6.07, 6.45) is -0.724. The highest BCUT2D eigenvalue weighted by Crippen LogP contribution is 2.36. The van der Waals surface area contributed by atoms with Gasteiger partial charge in [-0.2, -0.15) is 13.2 Å². The normalized spacial score (nSPS) is 17.9. The van der Waals surface area contributed by atoms with Crippen LogP contribution in [0.2, 0.25) is 0 Å². The molecular formula is C26H27F3N6. The zero-order valence-electron chi connectivity index (χ0n) is 20.0. The van der Waals surface area contributed by atoms with Crippen LogP contribution in [0.3, 0.4) is 0 Å². The van der Waals surface area contributed by atoms with Crippen LogP contribution < -0.4 is 10.2 Å². The minimum absolute atomic E-state index is 0.0934. The van der Waals surface area contributed by atoms with Crippen LogP contribution in [0.25, 0.3) is 11.3 Å². The van der Waals surface area contributed by atoms with E-state index in [4.69, 9.17) is 4.99 Å². The maximum atomic E-state index is 13.4. The van der Waals surface area contributed by atoms with E-state index in [0.29, 0.717) is 23.0 Å². The van der Waals surface area contributed by atoms with Gasteiger partial charge >= 0.3 is 6.18 Å². The molecule has 2 heterocycles. The fourth-order valence-electron chi connectivity index (χ4n) is 3.91. The highest BCUT2D eigenvalue weighted by Gasteiger charge is 2.32. The van der Waals surface area contributed by atoms with Crippen molar-refractivity contribution in [3.63, 3.8) is 0 Å². The molecule has 0 spiro atoms. The van der Waals surface area contributed by atoms with E-state index in [2.05, 4.69) is 15.5 Å². The molecule has 3 aromatic rings. The smallest absolute Gasteiger partial charge is 0.361 e. The van der Waals surface area contributed by atoms with Crippen LogP contribution in [0.5, 0.6) is 0 Å². The van der Waals surface area contributed by atoms with Crippen molar-refractivity contribution in [2.75, 3.05) is 26.0 Å². The molecule has 0 saturated heterocycles. The quantitative estimate of drug-likeness (QED) is 0.527. The van der Waals surface area contributed by atoms with Crippen molar-refractivity contribution in [1.82, 2.24) is 20.4 Å². The third kappa shape index (κ3) is 5.29. The van der Waals surface area contributed by atoms with Crippen LogP contribution in [-0.2, 0) is 6.18 Å². The molecule has 9 heteroatoms. The molecule has 182 valence electrons. The Balaban J connectivity index is 1.77. The molecule has 1 unspecified atom stereocenters. The Morgan fingerprint density at radius 2 is 1.77 bits per heavy atom. The number of likely N-dealkylation sites (N-methyl/N-ethyl adjacent to an activating group) is 1. The molecule has 6 nitrogen and oxygen atoms in total. The Kier molecular flexibility index (Phi) is 6.77. The number of nitrogens with zero attached hydrogens (tertiary/aromatic N) is 5. The number of hydrogen-bond donors (Lipinski definition) is 1. The Morgan fingerprint density at radius 3 is 2.46 bits per heavy atom. The van der Waals surface area contributed by atoms with E-state index in [9.17, 15) is 13.2 Å². The summed E-state index contributed by atoms with van der Waals surface area (Å²) >= 11 is 0. The molecule has 1 aliphatic rings. The van der Waals surface area contributed by atoms with E-state index in [1.54, 1.807) is 12.3 Å². The number of alkyl halides is 3. The highest BCUT2D eigenvalue weighted by atomic mass is 19.4. The maximum Gasteiger partial charge on any atom is 0.416 e. The van der Waals surface area contributed by atoms with Gasteiger partial charge in [-0.15, -0.1) is 10.2 Å². The van der Waals surface area contributed by atoms with E-state index in [1.807, 2.05) is 80.3 Å². The van der Waals surface area contributed by atoms with Gasteiger partial charge in [0.25, 0.3) is 0 Å². The summed E-state index contributed by atoms with van der Waals surface area (Å²) in [6.45, 7) is 2.01. The van der Waals surface area contributed by atoms with Crippen molar-refractivity contribution in [3.8, 4) is 11.3 Å². The molecule has 0 radical (unpaired) electrons. The van der Waals surface area contributed by atoms with E-state index in [-0.39, 0.29) is 12.1 Å². The van der Waals surface area contributed by atoms with E-state index in [0.717, 1.165) is 23.3 Å². The first-order valence-electron chi connectivity index (χ1n) is 11.2. The van der Waals surface area contributed by atoms with Crippen LogP contribution in [0.1, 0.15) is 35.7 Å². The number of hydrogen-bond acceptors (Lipinski definition) is 4. The van der Waals surface area contributed by atoms with Crippen LogP contribution >= 0.6 is 0 Å². The van der Waals surface area contributed by atoms with E-state index >= 15 is 0 Å². The SMILES string of the molecule is C[C@H](N=C1NC=CC(c2cc(N(C)C)nnc2-c2cccc(C(F)(F)F)c2)N1C)c1ccccc1. The average molecular weight is 481 g/mol. The second-order valence-corrected chi connectivity index (χ2v) is 8.58. The predicted octanol–water partition coefficient (Wildman–Crippen LogP) is 5.44. The monoisotopic (exact) mass is 480 g/mol. The van der Waals surface area contributed by atoms with Gasteiger partial charge in [-0.05, 0) is 36.8 Å². The summed E-state index contributed by atoms with van der Waals surface area (Å²) in [5.41, 5.74) is 1.81. The minimum Gasteiger partial charge on any atom is -0.361 e. The summed E-state index contributed by atoms with van der Waals surface area (Å²) in [4.78, 5) is 8.61. The molecule has 0 bridgehead atoms. The molecule has 0 amide bonds. The molecule has 0 aliphatic carbocycles. The molecule has 0 saturated carbocycles. The predicted molar refractivity (Wildman–Crippen MR) is 132 cm³/mol. The number of rotatable bonds is 5. The lowest BCUT2D eigenvalue weighted by atomic mass is 9.97. The fourth-order valence-corrected chi connectivity index (χ4v) is 3.91. The number of anilines is 1. The van der Waals surface area contributed by atoms with Gasteiger partial charge in [0.2, 0.25) is 0 Å². The Labute approximate surface area is 202 Å². The third-order valence-electron chi connectivity index (χ3n) is 5.89. The zero-order valence-corrected chi connectivity index (χ0v) is 20.0. The molecule has 1 aromatic heterocycles. The summed E-state index contributed by atoms with van der Waals surface area (Å²) < 4.78 is 40.2. The first-order valence-corrected chi connectivity index (χ1v) is 11.2. The van der Waals surface area contributed by atoms with Crippen molar-refractivity contribution < 1.29 is 13.2 Å². The second-order valence-electron chi connectivity index (χ2n) is 8.58. The Bertz CT molecular complexity index is 1240. The van der Waals surface area contributed by atoms with Gasteiger partial charge in [-0.25, -0.2) is 4.99 Å². The van der Waals surface area contributed by atoms with Crippen LogP contribution in [0.4, 0.5) is 19.0 Å². The molecule has 4 rings (SSSR count). The van der Waals surface area contributed by atoms with Gasteiger partial charge in [0, 0.05) is 38.5 Å². The molecular weight excluding hydrogens is 453 g/mol. The van der Waals surface area contributed by atoms with Crippen molar-refractivity contribution in [1.29, 1.82) is 0 Å². The molecule has 0 fully saturated rings. The topological polar surface area (TPSA) is 56.7 Å². The molecule has 2 aromatic carbocycles. The van der Waals surface area contributed by atoms with Gasteiger partial charge in [-0.1, -0.05) is 42.5 Å². The van der Waals surface area contributed by atoms with Crippen molar-refractivity contribution in [3.05, 3.63) is 89.6 Å². The largest absolute Gasteiger partial charge is 0.416 e. The van der Waals surface area contributed by atoms with Crippen molar-refractivity contribution in [2.24, 2.45) is 4.99 Å². The first kappa shape index (κ1) is 24.3. The van der Waals surface area contributed by atoms with Crippen LogP contribution in [0, 0.1) is 0 Å². The van der Waals surface area contributed by atoms with Gasteiger partial charge in [0.1, 0.15) is 0 Å². The number of halogens is 3. The number of guanidine groups is 1. The third-order valence-corrected chi connectivity index (χ3v) is 5.89. The number of aliphatic imine (C=N–C) groups is 1. The number of aromatic nitrogens is 2. The number of nitrogens with one attached hydrogen (secondary N) is 1. The lowest BCUT2D eigenvalue weighted by Gasteiger charge is -2.34. The summed E-state index contributed by atoms with van der Waals surface area (Å²) in [5, 5.41) is 11.8.